The van der Waals surface area contributed by atoms with Gasteiger partial charge in [-0.1, -0.05) is 42.5 Å². The Morgan fingerprint density at radius 1 is 1.13 bits per heavy atom. The van der Waals surface area contributed by atoms with E-state index >= 15 is 0 Å². The lowest BCUT2D eigenvalue weighted by Gasteiger charge is -2.25. The van der Waals surface area contributed by atoms with Crippen molar-refractivity contribution in [3.05, 3.63) is 71.5 Å². The fourth-order valence-corrected chi connectivity index (χ4v) is 2.90. The van der Waals surface area contributed by atoms with Crippen LogP contribution in [0.4, 0.5) is 4.39 Å². The number of amides is 1. The van der Waals surface area contributed by atoms with Gasteiger partial charge in [-0.2, -0.15) is 0 Å². The second-order valence-electron chi connectivity index (χ2n) is 5.82. The number of carbonyl (C=O) groups excluding carboxylic acids is 1. The summed E-state index contributed by atoms with van der Waals surface area (Å²) in [5.74, 6) is -0.481. The van der Waals surface area contributed by atoms with Gasteiger partial charge in [0.05, 0.1) is 18.6 Å². The monoisotopic (exact) mass is 313 g/mol. The molecule has 0 aromatic heterocycles. The maximum atomic E-state index is 13.6. The summed E-state index contributed by atoms with van der Waals surface area (Å²) in [5.41, 5.74) is 1.67. The molecule has 3 rings (SSSR count). The quantitative estimate of drug-likeness (QED) is 0.939. The Kier molecular flexibility index (Phi) is 5.03. The van der Waals surface area contributed by atoms with Gasteiger partial charge in [-0.15, -0.1) is 0 Å². The van der Waals surface area contributed by atoms with Crippen LogP contribution in [0.5, 0.6) is 0 Å². The minimum Gasteiger partial charge on any atom is -0.381 e. The van der Waals surface area contributed by atoms with Crippen molar-refractivity contribution in [3.8, 4) is 0 Å². The predicted molar refractivity (Wildman–Crippen MR) is 86.4 cm³/mol. The number of carbonyl (C=O) groups is 1. The number of hydrogen-bond acceptors (Lipinski definition) is 2. The fraction of sp³-hybridized carbons (Fsp3) is 0.316. The van der Waals surface area contributed by atoms with E-state index in [4.69, 9.17) is 4.74 Å². The molecule has 0 bridgehead atoms. The van der Waals surface area contributed by atoms with E-state index < -0.39 is 0 Å². The van der Waals surface area contributed by atoms with Crippen LogP contribution >= 0.6 is 0 Å². The number of rotatable bonds is 4. The van der Waals surface area contributed by atoms with Crippen molar-refractivity contribution in [1.29, 1.82) is 0 Å². The summed E-state index contributed by atoms with van der Waals surface area (Å²) >= 11 is 0. The van der Waals surface area contributed by atoms with Crippen molar-refractivity contribution in [2.24, 2.45) is 5.92 Å². The Hall–Kier alpha value is -2.20. The number of halogens is 1. The van der Waals surface area contributed by atoms with Crippen molar-refractivity contribution in [3.63, 3.8) is 0 Å². The van der Waals surface area contributed by atoms with Crippen LogP contribution in [0.25, 0.3) is 0 Å². The third-order valence-electron chi connectivity index (χ3n) is 4.13. The first kappa shape index (κ1) is 15.7. The highest BCUT2D eigenvalue weighted by Crippen LogP contribution is 2.24. The molecule has 4 heteroatoms. The lowest BCUT2D eigenvalue weighted by atomic mass is 9.96. The highest BCUT2D eigenvalue weighted by molar-refractivity contribution is 5.79. The topological polar surface area (TPSA) is 38.3 Å². The van der Waals surface area contributed by atoms with Crippen LogP contribution in [0.2, 0.25) is 0 Å². The lowest BCUT2D eigenvalue weighted by molar-refractivity contribution is -0.129. The van der Waals surface area contributed by atoms with E-state index in [0.717, 1.165) is 30.6 Å². The average molecular weight is 313 g/mol. The van der Waals surface area contributed by atoms with E-state index in [1.807, 2.05) is 36.4 Å². The Balaban J connectivity index is 1.85. The third-order valence-corrected chi connectivity index (χ3v) is 4.13. The van der Waals surface area contributed by atoms with E-state index in [-0.39, 0.29) is 23.7 Å². The first-order valence-corrected chi connectivity index (χ1v) is 7.92. The van der Waals surface area contributed by atoms with Crippen LogP contribution in [-0.4, -0.2) is 19.1 Å². The summed E-state index contributed by atoms with van der Waals surface area (Å²) in [7, 11) is 0. The number of nitrogens with one attached hydrogen (secondary N) is 1. The Labute approximate surface area is 135 Å². The van der Waals surface area contributed by atoms with Crippen molar-refractivity contribution < 1.29 is 13.9 Å². The van der Waals surface area contributed by atoms with Gasteiger partial charge in [-0.3, -0.25) is 4.79 Å². The molecule has 2 aromatic carbocycles. The molecule has 1 N–H and O–H groups in total. The minimum absolute atomic E-state index is 0.0391. The average Bonchev–Trinajstić information content (AvgIpc) is 2.61. The zero-order valence-electron chi connectivity index (χ0n) is 12.9. The summed E-state index contributed by atoms with van der Waals surface area (Å²) in [6.07, 6.45) is 1.73. The molecule has 1 aliphatic heterocycles. The van der Waals surface area contributed by atoms with E-state index in [9.17, 15) is 9.18 Å². The maximum Gasteiger partial charge on any atom is 0.226 e. The smallest absolute Gasteiger partial charge is 0.226 e. The molecule has 1 saturated heterocycles. The molecule has 2 unspecified atom stereocenters. The molecule has 0 spiro atoms. The van der Waals surface area contributed by atoms with Gasteiger partial charge in [-0.25, -0.2) is 4.39 Å². The van der Waals surface area contributed by atoms with Gasteiger partial charge in [0.15, 0.2) is 0 Å². The number of ether oxygens (including phenoxy) is 1. The standard InChI is InChI=1S/C19H20FNO2/c20-17-10-4-8-15(12-17)18(14-6-2-1-3-7-14)21-19(22)16-9-5-11-23-13-16/h1-4,6-8,10,12,16,18H,5,9,11,13H2,(H,21,22). The van der Waals surface area contributed by atoms with Crippen molar-refractivity contribution in [2.75, 3.05) is 13.2 Å². The highest BCUT2D eigenvalue weighted by atomic mass is 19.1. The first-order chi connectivity index (χ1) is 11.2. The number of benzene rings is 2. The molecule has 120 valence electrons. The van der Waals surface area contributed by atoms with E-state index in [1.54, 1.807) is 6.07 Å². The molecule has 2 atom stereocenters. The summed E-state index contributed by atoms with van der Waals surface area (Å²) in [6, 6.07) is 15.6. The molecule has 2 aromatic rings. The summed E-state index contributed by atoms with van der Waals surface area (Å²) in [4.78, 5) is 12.6. The molecule has 1 heterocycles. The third kappa shape index (κ3) is 3.96. The zero-order valence-corrected chi connectivity index (χ0v) is 12.9. The predicted octanol–water partition coefficient (Wildman–Crippen LogP) is 3.46. The molecular weight excluding hydrogens is 293 g/mol. The molecular formula is C19H20FNO2. The van der Waals surface area contributed by atoms with Gasteiger partial charge < -0.3 is 10.1 Å². The van der Waals surface area contributed by atoms with E-state index in [0.29, 0.717) is 6.61 Å². The van der Waals surface area contributed by atoms with Gasteiger partial charge in [0.1, 0.15) is 5.82 Å². The van der Waals surface area contributed by atoms with Crippen LogP contribution < -0.4 is 5.32 Å². The van der Waals surface area contributed by atoms with Crippen molar-refractivity contribution in [1.82, 2.24) is 5.32 Å². The summed E-state index contributed by atoms with van der Waals surface area (Å²) in [6.45, 7) is 1.17. The normalized spacial score (nSPS) is 19.1. The molecule has 0 radical (unpaired) electrons. The van der Waals surface area contributed by atoms with Gasteiger partial charge in [0, 0.05) is 6.61 Å². The highest BCUT2D eigenvalue weighted by Gasteiger charge is 2.25. The Morgan fingerprint density at radius 3 is 2.61 bits per heavy atom. The number of hydrogen-bond donors (Lipinski definition) is 1. The molecule has 1 amide bonds. The van der Waals surface area contributed by atoms with E-state index in [2.05, 4.69) is 5.32 Å². The Morgan fingerprint density at radius 2 is 1.91 bits per heavy atom. The van der Waals surface area contributed by atoms with Crippen LogP contribution in [0.3, 0.4) is 0 Å². The zero-order chi connectivity index (χ0) is 16.1. The first-order valence-electron chi connectivity index (χ1n) is 7.92. The summed E-state index contributed by atoms with van der Waals surface area (Å²) < 4.78 is 19.0. The molecule has 3 nitrogen and oxygen atoms in total. The van der Waals surface area contributed by atoms with Crippen molar-refractivity contribution >= 4 is 5.91 Å². The van der Waals surface area contributed by atoms with Crippen molar-refractivity contribution in [2.45, 2.75) is 18.9 Å². The van der Waals surface area contributed by atoms with Gasteiger partial charge >= 0.3 is 0 Å². The largest absolute Gasteiger partial charge is 0.381 e. The van der Waals surface area contributed by atoms with Gasteiger partial charge in [0.2, 0.25) is 5.91 Å². The maximum absolute atomic E-state index is 13.6. The molecule has 0 aliphatic carbocycles. The van der Waals surface area contributed by atoms with Gasteiger partial charge in [-0.05, 0) is 36.1 Å². The molecule has 23 heavy (non-hydrogen) atoms. The SMILES string of the molecule is O=C(NC(c1ccccc1)c1cccc(F)c1)C1CCCOC1. The second kappa shape index (κ2) is 7.38. The second-order valence-corrected chi connectivity index (χ2v) is 5.82. The van der Waals surface area contributed by atoms with Crippen LogP contribution in [0.1, 0.15) is 30.0 Å². The molecule has 1 fully saturated rings. The van der Waals surface area contributed by atoms with Crippen LogP contribution in [0, 0.1) is 11.7 Å². The Bertz CT molecular complexity index is 653. The molecule has 0 saturated carbocycles. The van der Waals surface area contributed by atoms with Crippen LogP contribution in [-0.2, 0) is 9.53 Å². The molecule has 1 aliphatic rings. The minimum atomic E-state index is -0.360. The fourth-order valence-electron chi connectivity index (χ4n) is 2.90. The summed E-state index contributed by atoms with van der Waals surface area (Å²) in [5, 5.41) is 3.06. The lowest BCUT2D eigenvalue weighted by Crippen LogP contribution is -2.38. The van der Waals surface area contributed by atoms with E-state index in [1.165, 1.54) is 12.1 Å². The van der Waals surface area contributed by atoms with Crippen LogP contribution in [0.15, 0.2) is 54.6 Å². The van der Waals surface area contributed by atoms with Gasteiger partial charge in [0.25, 0.3) is 0 Å².